The van der Waals surface area contributed by atoms with Crippen LogP contribution in [0.3, 0.4) is 0 Å². The molecular formula is H2K2O6S2. The molecule has 0 bridgehead atoms. The molecule has 6 nitrogen and oxygen atoms in total. The number of rotatable bonds is 1. The molecule has 0 spiro atoms. The first-order valence-corrected chi connectivity index (χ1v) is 4.60. The van der Waals surface area contributed by atoms with Crippen LogP contribution in [0.5, 0.6) is 0 Å². The molecule has 0 aliphatic carbocycles. The van der Waals surface area contributed by atoms with Crippen molar-refractivity contribution >= 4 is 121 Å². The summed E-state index contributed by atoms with van der Waals surface area (Å²) in [5.41, 5.74) is 0. The monoisotopic (exact) mass is 240 g/mol. The van der Waals surface area contributed by atoms with Gasteiger partial charge < -0.3 is 0 Å². The maximum Gasteiger partial charge on any atom is 0.397 e. The summed E-state index contributed by atoms with van der Waals surface area (Å²) in [4.78, 5) is 0. The Kier molecular flexibility index (Phi) is 12.3. The molecule has 0 aromatic heterocycles. The summed E-state index contributed by atoms with van der Waals surface area (Å²) < 4.78 is 52.5. The molecule has 0 saturated heterocycles. The van der Waals surface area contributed by atoms with Crippen LogP contribution in [-0.2, 0) is 18.3 Å². The molecule has 52 valence electrons. The molecule has 0 unspecified atom stereocenters. The van der Waals surface area contributed by atoms with Crippen molar-refractivity contribution in [3.63, 3.8) is 0 Å². The first kappa shape index (κ1) is 18.8. The zero-order valence-corrected chi connectivity index (χ0v) is 13.2. The second kappa shape index (κ2) is 6.53. The maximum atomic E-state index is 9.37. The minimum atomic E-state index is -5.31. The van der Waals surface area contributed by atoms with E-state index in [-0.39, 0.29) is 103 Å². The Labute approximate surface area is 143 Å². The third-order valence-corrected chi connectivity index (χ3v) is 2.40. The Hall–Kier alpha value is 3.09. The smallest absolute Gasteiger partial charge is 0.272 e. The molecule has 0 amide bonds. The van der Waals surface area contributed by atoms with Gasteiger partial charge in [0, 0.05) is 103 Å². The first-order chi connectivity index (χ1) is 3.25. The van der Waals surface area contributed by atoms with E-state index in [1.165, 1.54) is 0 Å². The molecular weight excluding hydrogens is 238 g/mol. The Morgan fingerprint density at radius 2 is 0.800 bits per heavy atom. The molecule has 2 radical (unpaired) electrons. The van der Waals surface area contributed by atoms with Gasteiger partial charge in [-0.1, -0.05) is 0 Å². The van der Waals surface area contributed by atoms with Gasteiger partial charge >= 0.3 is 18.3 Å². The largest absolute Gasteiger partial charge is 0.397 e. The van der Waals surface area contributed by atoms with Crippen LogP contribution >= 0.6 is 0 Å². The summed E-state index contributed by atoms with van der Waals surface area (Å²) >= 11 is 0. The molecule has 0 fully saturated rings. The van der Waals surface area contributed by atoms with E-state index in [9.17, 15) is 16.8 Å². The fraction of sp³-hybridized carbons (Fsp3) is 0. The van der Waals surface area contributed by atoms with Gasteiger partial charge in [-0.15, -0.1) is 0 Å². The molecule has 0 aliphatic rings. The molecule has 0 aromatic carbocycles. The van der Waals surface area contributed by atoms with Crippen LogP contribution in [0.2, 0.25) is 0 Å². The SMILES string of the molecule is O=S(=O)(O)S(=O)(=O)O.[K].[K]. The van der Waals surface area contributed by atoms with Crippen molar-refractivity contribution in [3.05, 3.63) is 0 Å². The Morgan fingerprint density at radius 1 is 0.700 bits per heavy atom. The summed E-state index contributed by atoms with van der Waals surface area (Å²) in [6.45, 7) is 0. The van der Waals surface area contributed by atoms with Gasteiger partial charge in [0.05, 0.1) is 0 Å². The van der Waals surface area contributed by atoms with E-state index in [0.29, 0.717) is 0 Å². The maximum absolute atomic E-state index is 9.37. The van der Waals surface area contributed by atoms with Gasteiger partial charge in [0.25, 0.3) is 0 Å². The predicted octanol–water partition coefficient (Wildman–Crippen LogP) is -2.08. The van der Waals surface area contributed by atoms with Crippen molar-refractivity contribution in [2.75, 3.05) is 0 Å². The second-order valence-electron chi connectivity index (χ2n) is 0.855. The van der Waals surface area contributed by atoms with Crippen molar-refractivity contribution in [1.29, 1.82) is 0 Å². The molecule has 10 heteroatoms. The van der Waals surface area contributed by atoms with Crippen molar-refractivity contribution < 1.29 is 25.9 Å². The Morgan fingerprint density at radius 3 is 0.800 bits per heavy atom. The topological polar surface area (TPSA) is 109 Å². The van der Waals surface area contributed by atoms with E-state index in [2.05, 4.69) is 0 Å². The van der Waals surface area contributed by atoms with E-state index >= 15 is 0 Å². The number of hydrogen-bond acceptors (Lipinski definition) is 4. The molecule has 10 heavy (non-hydrogen) atoms. The quantitative estimate of drug-likeness (QED) is 0.309. The van der Waals surface area contributed by atoms with Crippen LogP contribution < -0.4 is 0 Å². The molecule has 0 atom stereocenters. The van der Waals surface area contributed by atoms with Gasteiger partial charge in [0.15, 0.2) is 0 Å². The summed E-state index contributed by atoms with van der Waals surface area (Å²) in [5, 5.41) is 0. The second-order valence-corrected chi connectivity index (χ2v) is 5.09. The van der Waals surface area contributed by atoms with Crippen molar-refractivity contribution in [2.24, 2.45) is 0 Å². The normalized spacial score (nSPS) is 11.0. The van der Waals surface area contributed by atoms with E-state index < -0.39 is 18.3 Å². The van der Waals surface area contributed by atoms with Gasteiger partial charge in [0.2, 0.25) is 0 Å². The van der Waals surface area contributed by atoms with Gasteiger partial charge in [-0.05, 0) is 0 Å². The minimum Gasteiger partial charge on any atom is -0.272 e. The predicted molar refractivity (Wildman–Crippen MR) is 34.6 cm³/mol. The van der Waals surface area contributed by atoms with Crippen molar-refractivity contribution in [2.45, 2.75) is 0 Å². The fourth-order valence-electron chi connectivity index (χ4n) is 0. The third kappa shape index (κ3) is 7.73. The van der Waals surface area contributed by atoms with E-state index in [0.717, 1.165) is 0 Å². The molecule has 0 aromatic rings. The zero-order chi connectivity index (χ0) is 7.00. The van der Waals surface area contributed by atoms with Crippen molar-refractivity contribution in [1.82, 2.24) is 0 Å². The van der Waals surface area contributed by atoms with Gasteiger partial charge in [0.1, 0.15) is 0 Å². The van der Waals surface area contributed by atoms with Crippen LogP contribution in [0.25, 0.3) is 0 Å². The van der Waals surface area contributed by atoms with E-state index in [1.54, 1.807) is 0 Å². The van der Waals surface area contributed by atoms with Crippen LogP contribution in [0.15, 0.2) is 0 Å². The molecule has 2 N–H and O–H groups in total. The van der Waals surface area contributed by atoms with Crippen LogP contribution in [0, 0.1) is 0 Å². The zero-order valence-electron chi connectivity index (χ0n) is 5.34. The fourth-order valence-corrected chi connectivity index (χ4v) is 0. The van der Waals surface area contributed by atoms with Gasteiger partial charge in [-0.2, -0.15) is 16.8 Å². The standard InChI is InChI=1S/2K.H2O6S2/c;;1-7(2,3)8(4,5)6/h;;(H,1,2,3)(H,4,5,6). The van der Waals surface area contributed by atoms with Crippen molar-refractivity contribution in [3.8, 4) is 0 Å². The van der Waals surface area contributed by atoms with Crippen LogP contribution in [0.1, 0.15) is 0 Å². The minimum absolute atomic E-state index is 0. The molecule has 0 aliphatic heterocycles. The van der Waals surface area contributed by atoms with Gasteiger partial charge in [-0.25, -0.2) is 0 Å². The summed E-state index contributed by atoms with van der Waals surface area (Å²) in [5.74, 6) is 0. The van der Waals surface area contributed by atoms with Gasteiger partial charge in [-0.3, -0.25) is 9.11 Å². The average molecular weight is 240 g/mol. The number of hydrogen-bond donors (Lipinski definition) is 2. The summed E-state index contributed by atoms with van der Waals surface area (Å²) in [6, 6.07) is 0. The Balaban J connectivity index is -0.000000245. The molecule has 0 heterocycles. The average Bonchev–Trinajstić information content (AvgIpc) is 1.25. The molecule has 0 rings (SSSR count). The summed E-state index contributed by atoms with van der Waals surface area (Å²) in [7, 11) is -10.6. The third-order valence-electron chi connectivity index (χ3n) is 0.266. The first-order valence-electron chi connectivity index (χ1n) is 1.20. The van der Waals surface area contributed by atoms with Crippen LogP contribution in [0.4, 0.5) is 0 Å². The van der Waals surface area contributed by atoms with E-state index in [1.807, 2.05) is 0 Å². The summed E-state index contributed by atoms with van der Waals surface area (Å²) in [6.07, 6.45) is 0. The Bertz CT molecular complexity index is 226. The van der Waals surface area contributed by atoms with E-state index in [4.69, 9.17) is 9.11 Å². The molecule has 0 saturated carbocycles. The van der Waals surface area contributed by atoms with Crippen LogP contribution in [-0.4, -0.2) is 129 Å².